The minimum atomic E-state index is 0.513. The first-order chi connectivity index (χ1) is 6.50. The molecule has 0 aromatic heterocycles. The predicted octanol–water partition coefficient (Wildman–Crippen LogP) is 3.05. The molecular formula is C13H23N. The van der Waals surface area contributed by atoms with Crippen LogP contribution in [0.15, 0.2) is 0 Å². The Labute approximate surface area is 87.9 Å². The SMILES string of the molecule is CC(C)(C)CC12CCCN1[C@H]1C[C@H]1C2. The topological polar surface area (TPSA) is 3.24 Å². The first-order valence-corrected chi connectivity index (χ1v) is 6.27. The molecule has 0 aromatic carbocycles. The molecule has 1 heteroatoms. The molecule has 2 saturated heterocycles. The molecule has 3 aliphatic rings. The molecule has 1 aliphatic carbocycles. The number of hydrogen-bond donors (Lipinski definition) is 0. The number of fused-ring (bicyclic) bond motifs is 3. The largest absolute Gasteiger partial charge is 0.294 e. The summed E-state index contributed by atoms with van der Waals surface area (Å²) in [6, 6.07) is 1.01. The van der Waals surface area contributed by atoms with Gasteiger partial charge in [0.25, 0.3) is 0 Å². The lowest BCUT2D eigenvalue weighted by Crippen LogP contribution is -2.43. The van der Waals surface area contributed by atoms with Crippen LogP contribution in [0.5, 0.6) is 0 Å². The van der Waals surface area contributed by atoms with Crippen LogP contribution in [-0.2, 0) is 0 Å². The van der Waals surface area contributed by atoms with E-state index in [9.17, 15) is 0 Å². The zero-order valence-electron chi connectivity index (χ0n) is 9.84. The highest BCUT2D eigenvalue weighted by Crippen LogP contribution is 2.59. The molecular weight excluding hydrogens is 170 g/mol. The minimum Gasteiger partial charge on any atom is -0.294 e. The maximum Gasteiger partial charge on any atom is 0.0221 e. The monoisotopic (exact) mass is 193 g/mol. The molecule has 3 fully saturated rings. The molecule has 0 spiro atoms. The molecule has 0 N–H and O–H groups in total. The highest BCUT2D eigenvalue weighted by Gasteiger charge is 2.61. The van der Waals surface area contributed by atoms with Crippen LogP contribution < -0.4 is 0 Å². The molecule has 2 aliphatic heterocycles. The lowest BCUT2D eigenvalue weighted by molar-refractivity contribution is 0.105. The molecule has 80 valence electrons. The van der Waals surface area contributed by atoms with Crippen molar-refractivity contribution >= 4 is 0 Å². The second-order valence-corrected chi connectivity index (χ2v) is 7.03. The maximum absolute atomic E-state index is 2.88. The predicted molar refractivity (Wildman–Crippen MR) is 59.3 cm³/mol. The molecule has 1 nitrogen and oxygen atoms in total. The highest BCUT2D eigenvalue weighted by molar-refractivity contribution is 5.16. The number of piperidine rings is 1. The van der Waals surface area contributed by atoms with Gasteiger partial charge in [-0.2, -0.15) is 0 Å². The normalized spacial score (nSPS) is 46.5. The van der Waals surface area contributed by atoms with Crippen molar-refractivity contribution in [2.45, 2.75) is 64.5 Å². The second kappa shape index (κ2) is 2.55. The smallest absolute Gasteiger partial charge is 0.0221 e. The average Bonchev–Trinajstić information content (AvgIpc) is 2.51. The van der Waals surface area contributed by atoms with Gasteiger partial charge in [0.2, 0.25) is 0 Å². The van der Waals surface area contributed by atoms with E-state index in [4.69, 9.17) is 0 Å². The summed E-state index contributed by atoms with van der Waals surface area (Å²) in [5.41, 5.74) is 1.16. The maximum atomic E-state index is 2.88. The Morgan fingerprint density at radius 2 is 2.14 bits per heavy atom. The van der Waals surface area contributed by atoms with Crippen molar-refractivity contribution in [3.05, 3.63) is 0 Å². The quantitative estimate of drug-likeness (QED) is 0.618. The third kappa shape index (κ3) is 1.25. The van der Waals surface area contributed by atoms with Crippen LogP contribution in [0.2, 0.25) is 0 Å². The Balaban J connectivity index is 1.81. The summed E-state index contributed by atoms with van der Waals surface area (Å²) in [4.78, 5) is 2.88. The van der Waals surface area contributed by atoms with E-state index in [1.165, 1.54) is 38.6 Å². The summed E-state index contributed by atoms with van der Waals surface area (Å²) in [6.45, 7) is 8.61. The van der Waals surface area contributed by atoms with Crippen LogP contribution in [0.1, 0.15) is 52.9 Å². The van der Waals surface area contributed by atoms with E-state index in [-0.39, 0.29) is 0 Å². The Kier molecular flexibility index (Phi) is 1.68. The lowest BCUT2D eigenvalue weighted by atomic mass is 9.76. The Morgan fingerprint density at radius 3 is 2.86 bits per heavy atom. The second-order valence-electron chi connectivity index (χ2n) is 7.03. The molecule has 14 heavy (non-hydrogen) atoms. The van der Waals surface area contributed by atoms with Crippen molar-refractivity contribution in [1.82, 2.24) is 4.90 Å². The van der Waals surface area contributed by atoms with Gasteiger partial charge in [0.05, 0.1) is 0 Å². The summed E-state index contributed by atoms with van der Waals surface area (Å²) in [6.07, 6.45) is 7.41. The van der Waals surface area contributed by atoms with Gasteiger partial charge in [0, 0.05) is 11.6 Å². The van der Waals surface area contributed by atoms with E-state index in [2.05, 4.69) is 25.7 Å². The van der Waals surface area contributed by atoms with Crippen molar-refractivity contribution in [1.29, 1.82) is 0 Å². The van der Waals surface area contributed by atoms with Gasteiger partial charge in [-0.3, -0.25) is 4.90 Å². The number of hydrogen-bond acceptors (Lipinski definition) is 1. The highest BCUT2D eigenvalue weighted by atomic mass is 15.3. The summed E-state index contributed by atoms with van der Waals surface area (Å²) in [5, 5.41) is 0. The molecule has 0 amide bonds. The van der Waals surface area contributed by atoms with E-state index in [0.29, 0.717) is 11.0 Å². The van der Waals surface area contributed by atoms with Gasteiger partial charge in [-0.15, -0.1) is 0 Å². The Hall–Kier alpha value is -0.0400. The molecule has 1 unspecified atom stereocenters. The molecule has 1 saturated carbocycles. The van der Waals surface area contributed by atoms with E-state index < -0.39 is 0 Å². The molecule has 0 radical (unpaired) electrons. The third-order valence-corrected chi connectivity index (χ3v) is 4.44. The fourth-order valence-corrected chi connectivity index (χ4v) is 4.27. The van der Waals surface area contributed by atoms with Gasteiger partial charge in [-0.25, -0.2) is 0 Å². The van der Waals surface area contributed by atoms with E-state index in [0.717, 1.165) is 12.0 Å². The molecule has 3 atom stereocenters. The fraction of sp³-hybridized carbons (Fsp3) is 1.00. The van der Waals surface area contributed by atoms with Crippen LogP contribution in [0, 0.1) is 11.3 Å². The van der Waals surface area contributed by atoms with Gasteiger partial charge in [-0.1, -0.05) is 20.8 Å². The number of nitrogens with zero attached hydrogens (tertiary/aromatic N) is 1. The fourth-order valence-electron chi connectivity index (χ4n) is 4.27. The van der Waals surface area contributed by atoms with Crippen LogP contribution >= 0.6 is 0 Å². The van der Waals surface area contributed by atoms with Crippen molar-refractivity contribution in [2.75, 3.05) is 6.54 Å². The molecule has 0 bridgehead atoms. The van der Waals surface area contributed by atoms with Crippen LogP contribution in [0.25, 0.3) is 0 Å². The summed E-state index contributed by atoms with van der Waals surface area (Å²) >= 11 is 0. The van der Waals surface area contributed by atoms with E-state index in [1.807, 2.05) is 0 Å². The van der Waals surface area contributed by atoms with Crippen LogP contribution in [0.3, 0.4) is 0 Å². The van der Waals surface area contributed by atoms with Crippen molar-refractivity contribution in [2.24, 2.45) is 11.3 Å². The van der Waals surface area contributed by atoms with Crippen LogP contribution in [0.4, 0.5) is 0 Å². The van der Waals surface area contributed by atoms with Crippen molar-refractivity contribution < 1.29 is 0 Å². The summed E-state index contributed by atoms with van der Waals surface area (Å²) in [7, 11) is 0. The van der Waals surface area contributed by atoms with Crippen molar-refractivity contribution in [3.63, 3.8) is 0 Å². The first kappa shape index (κ1) is 9.21. The van der Waals surface area contributed by atoms with Gasteiger partial charge in [-0.05, 0) is 50.0 Å². The molecule has 3 rings (SSSR count). The lowest BCUT2D eigenvalue weighted by Gasteiger charge is -2.39. The first-order valence-electron chi connectivity index (χ1n) is 6.27. The third-order valence-electron chi connectivity index (χ3n) is 4.44. The van der Waals surface area contributed by atoms with Crippen molar-refractivity contribution in [3.8, 4) is 0 Å². The summed E-state index contributed by atoms with van der Waals surface area (Å²) in [5.74, 6) is 1.10. The average molecular weight is 193 g/mol. The van der Waals surface area contributed by atoms with Gasteiger partial charge in [0.15, 0.2) is 0 Å². The van der Waals surface area contributed by atoms with E-state index >= 15 is 0 Å². The minimum absolute atomic E-state index is 0.513. The zero-order chi connectivity index (χ0) is 9.97. The van der Waals surface area contributed by atoms with E-state index in [1.54, 1.807) is 0 Å². The summed E-state index contributed by atoms with van der Waals surface area (Å²) < 4.78 is 0. The van der Waals surface area contributed by atoms with Crippen LogP contribution in [-0.4, -0.2) is 23.0 Å². The Bertz CT molecular complexity index is 252. The standard InChI is InChI=1S/C13H23N/c1-12(2,3)9-13-5-4-6-14(13)11-7-10(11)8-13/h10-11H,4-9H2,1-3H3/t10-,11-,13?/m0/s1. The Morgan fingerprint density at radius 1 is 1.36 bits per heavy atom. The van der Waals surface area contributed by atoms with Gasteiger partial charge >= 0.3 is 0 Å². The molecule has 2 heterocycles. The molecule has 0 aromatic rings. The van der Waals surface area contributed by atoms with Gasteiger partial charge < -0.3 is 0 Å². The van der Waals surface area contributed by atoms with Gasteiger partial charge in [0.1, 0.15) is 0 Å². The number of rotatable bonds is 1. The zero-order valence-corrected chi connectivity index (χ0v) is 9.84.